The van der Waals surface area contributed by atoms with Crippen LogP contribution in [-0.4, -0.2) is 20.6 Å². The molecule has 2 rings (SSSR count). The summed E-state index contributed by atoms with van der Waals surface area (Å²) in [4.78, 5) is 15.5. The molecule has 0 aliphatic rings. The molecule has 0 bridgehead atoms. The lowest BCUT2D eigenvalue weighted by Gasteiger charge is -2.00. The van der Waals surface area contributed by atoms with E-state index in [0.717, 1.165) is 23.1 Å². The van der Waals surface area contributed by atoms with Crippen molar-refractivity contribution in [2.75, 3.05) is 0 Å². The maximum atomic E-state index is 10.4. The molecule has 82 valence electrons. The molecule has 4 nitrogen and oxygen atoms in total. The molecule has 0 amide bonds. The van der Waals surface area contributed by atoms with Crippen LogP contribution in [0.4, 0.5) is 0 Å². The molecule has 0 radical (unpaired) electrons. The van der Waals surface area contributed by atoms with Gasteiger partial charge < -0.3 is 9.67 Å². The minimum absolute atomic E-state index is 0.719. The molecule has 0 saturated carbocycles. The zero-order valence-electron chi connectivity index (χ0n) is 8.41. The molecule has 0 atom stereocenters. The number of carbonyl (C=O) groups is 1. The van der Waals surface area contributed by atoms with Crippen LogP contribution in [0.25, 0.3) is 6.08 Å². The van der Waals surface area contributed by atoms with Crippen molar-refractivity contribution in [2.45, 2.75) is 6.54 Å². The van der Waals surface area contributed by atoms with Gasteiger partial charge in [-0.2, -0.15) is 0 Å². The van der Waals surface area contributed by atoms with E-state index in [-0.39, 0.29) is 0 Å². The zero-order chi connectivity index (χ0) is 11.4. The molecular weight excluding hydrogens is 224 g/mol. The average Bonchev–Trinajstić information content (AvgIpc) is 2.87. The summed E-state index contributed by atoms with van der Waals surface area (Å²) in [6.07, 6.45) is 8.11. The van der Waals surface area contributed by atoms with Crippen LogP contribution in [0.5, 0.6) is 0 Å². The van der Waals surface area contributed by atoms with Gasteiger partial charge in [-0.05, 0) is 23.1 Å². The lowest BCUT2D eigenvalue weighted by molar-refractivity contribution is -0.131. The van der Waals surface area contributed by atoms with Crippen molar-refractivity contribution >= 4 is 23.4 Å². The number of aromatic nitrogens is 2. The fourth-order valence-electron chi connectivity index (χ4n) is 1.33. The fourth-order valence-corrected chi connectivity index (χ4v) is 2.21. The Morgan fingerprint density at radius 3 is 3.19 bits per heavy atom. The third kappa shape index (κ3) is 2.58. The molecule has 16 heavy (non-hydrogen) atoms. The molecule has 0 aromatic carbocycles. The fraction of sp³-hybridized carbons (Fsp3) is 0.0909. The monoisotopic (exact) mass is 234 g/mol. The standard InChI is InChI=1S/C11H10N2O2S/c14-11(15)2-1-9-3-6-16-10(9)7-13-5-4-12-8-13/h1-6,8H,7H2,(H,14,15). The second kappa shape index (κ2) is 4.76. The van der Waals surface area contributed by atoms with E-state index in [1.807, 2.05) is 22.2 Å². The number of carboxylic acid groups (broad SMARTS) is 1. The number of hydrogen-bond donors (Lipinski definition) is 1. The number of nitrogens with zero attached hydrogens (tertiary/aromatic N) is 2. The third-order valence-corrected chi connectivity index (χ3v) is 2.99. The second-order valence-electron chi connectivity index (χ2n) is 3.21. The van der Waals surface area contributed by atoms with Crippen molar-refractivity contribution in [1.29, 1.82) is 0 Å². The summed E-state index contributed by atoms with van der Waals surface area (Å²) < 4.78 is 1.95. The quantitative estimate of drug-likeness (QED) is 0.824. The predicted molar refractivity (Wildman–Crippen MR) is 62.3 cm³/mol. The molecule has 0 fully saturated rings. The number of rotatable bonds is 4. The van der Waals surface area contributed by atoms with Gasteiger partial charge in [-0.15, -0.1) is 11.3 Å². The Morgan fingerprint density at radius 1 is 1.62 bits per heavy atom. The van der Waals surface area contributed by atoms with Crippen LogP contribution < -0.4 is 0 Å². The van der Waals surface area contributed by atoms with Crippen molar-refractivity contribution in [3.8, 4) is 0 Å². The van der Waals surface area contributed by atoms with Gasteiger partial charge in [0.05, 0.1) is 12.9 Å². The molecule has 5 heteroatoms. The van der Waals surface area contributed by atoms with Gasteiger partial charge in [-0.1, -0.05) is 0 Å². The van der Waals surface area contributed by atoms with Crippen LogP contribution in [-0.2, 0) is 11.3 Å². The van der Waals surface area contributed by atoms with Gasteiger partial charge in [-0.3, -0.25) is 0 Å². The minimum atomic E-state index is -0.931. The third-order valence-electron chi connectivity index (χ3n) is 2.07. The Hall–Kier alpha value is -1.88. The van der Waals surface area contributed by atoms with Crippen molar-refractivity contribution in [3.05, 3.63) is 46.7 Å². The average molecular weight is 234 g/mol. The smallest absolute Gasteiger partial charge is 0.328 e. The molecule has 2 heterocycles. The molecular formula is C11H10N2O2S. The highest BCUT2D eigenvalue weighted by atomic mass is 32.1. The summed E-state index contributed by atoms with van der Waals surface area (Å²) in [5, 5.41) is 10.5. The first-order valence-electron chi connectivity index (χ1n) is 4.69. The van der Waals surface area contributed by atoms with Gasteiger partial charge in [0.2, 0.25) is 0 Å². The van der Waals surface area contributed by atoms with Crippen LogP contribution in [0.3, 0.4) is 0 Å². The van der Waals surface area contributed by atoms with Gasteiger partial charge in [0, 0.05) is 23.3 Å². The van der Waals surface area contributed by atoms with Crippen molar-refractivity contribution in [2.24, 2.45) is 0 Å². The van der Waals surface area contributed by atoms with Gasteiger partial charge in [0.1, 0.15) is 0 Å². The van der Waals surface area contributed by atoms with E-state index in [2.05, 4.69) is 4.98 Å². The van der Waals surface area contributed by atoms with Crippen molar-refractivity contribution < 1.29 is 9.90 Å². The molecule has 0 aliphatic carbocycles. The van der Waals surface area contributed by atoms with Crippen LogP contribution in [0.15, 0.2) is 36.2 Å². The normalized spacial score (nSPS) is 11.0. The number of hydrogen-bond acceptors (Lipinski definition) is 3. The van der Waals surface area contributed by atoms with Crippen molar-refractivity contribution in [1.82, 2.24) is 9.55 Å². The van der Waals surface area contributed by atoms with Crippen molar-refractivity contribution in [3.63, 3.8) is 0 Å². The van der Waals surface area contributed by atoms with Crippen LogP contribution >= 0.6 is 11.3 Å². The lowest BCUT2D eigenvalue weighted by Crippen LogP contribution is -1.95. The maximum Gasteiger partial charge on any atom is 0.328 e. The van der Waals surface area contributed by atoms with Gasteiger partial charge >= 0.3 is 5.97 Å². The summed E-state index contributed by atoms with van der Waals surface area (Å²) in [5.41, 5.74) is 0.945. The Morgan fingerprint density at radius 2 is 2.50 bits per heavy atom. The number of imidazole rings is 1. The highest BCUT2D eigenvalue weighted by Crippen LogP contribution is 2.19. The topological polar surface area (TPSA) is 55.1 Å². The van der Waals surface area contributed by atoms with E-state index in [9.17, 15) is 4.79 Å². The summed E-state index contributed by atoms with van der Waals surface area (Å²) >= 11 is 1.61. The minimum Gasteiger partial charge on any atom is -0.478 e. The van der Waals surface area contributed by atoms with E-state index < -0.39 is 5.97 Å². The van der Waals surface area contributed by atoms with E-state index in [4.69, 9.17) is 5.11 Å². The Kier molecular flexibility index (Phi) is 3.16. The highest BCUT2D eigenvalue weighted by Gasteiger charge is 2.02. The Bertz CT molecular complexity index is 500. The summed E-state index contributed by atoms with van der Waals surface area (Å²) in [5.74, 6) is -0.931. The summed E-state index contributed by atoms with van der Waals surface area (Å²) in [6.45, 7) is 0.719. The van der Waals surface area contributed by atoms with E-state index >= 15 is 0 Å². The molecule has 0 saturated heterocycles. The van der Waals surface area contributed by atoms with Gasteiger partial charge in [0.15, 0.2) is 0 Å². The first-order valence-corrected chi connectivity index (χ1v) is 5.57. The SMILES string of the molecule is O=C(O)C=Cc1ccsc1Cn1ccnc1. The maximum absolute atomic E-state index is 10.4. The summed E-state index contributed by atoms with van der Waals surface area (Å²) in [7, 11) is 0. The molecule has 0 spiro atoms. The van der Waals surface area contributed by atoms with E-state index in [1.54, 1.807) is 29.9 Å². The van der Waals surface area contributed by atoms with Crippen LogP contribution in [0.2, 0.25) is 0 Å². The van der Waals surface area contributed by atoms with E-state index in [0.29, 0.717) is 0 Å². The van der Waals surface area contributed by atoms with E-state index in [1.165, 1.54) is 0 Å². The predicted octanol–water partition coefficient (Wildman–Crippen LogP) is 2.09. The number of carboxylic acids is 1. The number of aliphatic carboxylic acids is 1. The largest absolute Gasteiger partial charge is 0.478 e. The van der Waals surface area contributed by atoms with Gasteiger partial charge in [-0.25, -0.2) is 9.78 Å². The molecule has 2 aromatic heterocycles. The lowest BCUT2D eigenvalue weighted by atomic mass is 10.2. The Labute approximate surface area is 96.5 Å². The number of thiophene rings is 1. The first kappa shape index (κ1) is 10.6. The van der Waals surface area contributed by atoms with Gasteiger partial charge in [0.25, 0.3) is 0 Å². The molecule has 1 N–H and O–H groups in total. The second-order valence-corrected chi connectivity index (χ2v) is 4.21. The molecule has 0 unspecified atom stereocenters. The zero-order valence-corrected chi connectivity index (χ0v) is 9.22. The summed E-state index contributed by atoms with van der Waals surface area (Å²) in [6, 6.07) is 1.91. The Balaban J connectivity index is 2.16. The van der Waals surface area contributed by atoms with Crippen LogP contribution in [0.1, 0.15) is 10.4 Å². The highest BCUT2D eigenvalue weighted by molar-refractivity contribution is 7.10. The molecule has 0 aliphatic heterocycles. The van der Waals surface area contributed by atoms with Crippen LogP contribution in [0, 0.1) is 0 Å². The molecule has 2 aromatic rings. The first-order chi connectivity index (χ1) is 7.75.